The number of rotatable bonds is 13. The first-order valence-corrected chi connectivity index (χ1v) is 9.86. The van der Waals surface area contributed by atoms with Crippen molar-refractivity contribution in [3.8, 4) is 0 Å². The second-order valence-corrected chi connectivity index (χ2v) is 6.62. The molecule has 0 saturated heterocycles. The SMILES string of the molecule is CCCNCCCCN(CC=O)c1ccc(CN=Cc2ccccc2)cc1. The molecule has 0 fully saturated rings. The van der Waals surface area contributed by atoms with E-state index in [9.17, 15) is 4.79 Å². The molecule has 0 aromatic heterocycles. The molecule has 2 aromatic carbocycles. The predicted molar refractivity (Wildman–Crippen MR) is 115 cm³/mol. The molecular formula is C23H31N3O. The molecule has 2 rings (SSSR count). The highest BCUT2D eigenvalue weighted by atomic mass is 16.1. The zero-order valence-electron chi connectivity index (χ0n) is 16.3. The van der Waals surface area contributed by atoms with Crippen molar-refractivity contribution in [2.75, 3.05) is 31.1 Å². The molecule has 0 bridgehead atoms. The van der Waals surface area contributed by atoms with E-state index >= 15 is 0 Å². The van der Waals surface area contributed by atoms with Gasteiger partial charge in [0.1, 0.15) is 6.29 Å². The lowest BCUT2D eigenvalue weighted by molar-refractivity contribution is -0.106. The van der Waals surface area contributed by atoms with Crippen LogP contribution in [0.2, 0.25) is 0 Å². The van der Waals surface area contributed by atoms with Gasteiger partial charge in [-0.05, 0) is 55.6 Å². The molecule has 0 aliphatic heterocycles. The number of carbonyl (C=O) groups excluding carboxylic acids is 1. The Morgan fingerprint density at radius 3 is 2.48 bits per heavy atom. The lowest BCUT2D eigenvalue weighted by Gasteiger charge is -2.22. The zero-order chi connectivity index (χ0) is 19.2. The van der Waals surface area contributed by atoms with Crippen molar-refractivity contribution in [3.05, 3.63) is 65.7 Å². The molecule has 0 radical (unpaired) electrons. The number of nitrogens with zero attached hydrogens (tertiary/aromatic N) is 2. The molecule has 0 aliphatic carbocycles. The highest BCUT2D eigenvalue weighted by molar-refractivity contribution is 5.79. The Kier molecular flexibility index (Phi) is 9.90. The second kappa shape index (κ2) is 12.8. The van der Waals surface area contributed by atoms with E-state index in [0.29, 0.717) is 13.1 Å². The highest BCUT2D eigenvalue weighted by Crippen LogP contribution is 2.16. The summed E-state index contributed by atoms with van der Waals surface area (Å²) in [6.07, 6.45) is 6.25. The van der Waals surface area contributed by atoms with Crippen LogP contribution in [0.5, 0.6) is 0 Å². The van der Waals surface area contributed by atoms with E-state index in [4.69, 9.17) is 0 Å². The summed E-state index contributed by atoms with van der Waals surface area (Å²) in [7, 11) is 0. The summed E-state index contributed by atoms with van der Waals surface area (Å²) in [4.78, 5) is 17.7. The van der Waals surface area contributed by atoms with Gasteiger partial charge in [-0.2, -0.15) is 0 Å². The fraction of sp³-hybridized carbons (Fsp3) is 0.391. The molecule has 0 atom stereocenters. The van der Waals surface area contributed by atoms with Gasteiger partial charge in [-0.25, -0.2) is 0 Å². The molecule has 0 unspecified atom stereocenters. The van der Waals surface area contributed by atoms with Crippen LogP contribution in [0.25, 0.3) is 0 Å². The molecule has 0 amide bonds. The Bertz CT molecular complexity index is 668. The largest absolute Gasteiger partial charge is 0.365 e. The van der Waals surface area contributed by atoms with Crippen LogP contribution in [0.3, 0.4) is 0 Å². The van der Waals surface area contributed by atoms with Crippen LogP contribution in [-0.2, 0) is 11.3 Å². The summed E-state index contributed by atoms with van der Waals surface area (Å²) in [5.74, 6) is 0. The van der Waals surface area contributed by atoms with Crippen molar-refractivity contribution in [1.82, 2.24) is 5.32 Å². The van der Waals surface area contributed by atoms with E-state index in [2.05, 4.69) is 46.4 Å². The number of unbranched alkanes of at least 4 members (excludes halogenated alkanes) is 1. The van der Waals surface area contributed by atoms with Gasteiger partial charge in [-0.15, -0.1) is 0 Å². The van der Waals surface area contributed by atoms with Crippen molar-refractivity contribution in [2.24, 2.45) is 4.99 Å². The average Bonchev–Trinajstić information content (AvgIpc) is 2.71. The minimum Gasteiger partial charge on any atom is -0.365 e. The molecule has 4 nitrogen and oxygen atoms in total. The topological polar surface area (TPSA) is 44.7 Å². The second-order valence-electron chi connectivity index (χ2n) is 6.62. The van der Waals surface area contributed by atoms with E-state index in [0.717, 1.165) is 50.0 Å². The lowest BCUT2D eigenvalue weighted by atomic mass is 10.2. The quantitative estimate of drug-likeness (QED) is 0.330. The van der Waals surface area contributed by atoms with Crippen LogP contribution in [0, 0.1) is 0 Å². The van der Waals surface area contributed by atoms with Gasteiger partial charge >= 0.3 is 0 Å². The maximum absolute atomic E-state index is 11.0. The molecule has 0 saturated carbocycles. The number of hydrogen-bond acceptors (Lipinski definition) is 4. The van der Waals surface area contributed by atoms with Crippen LogP contribution in [0.1, 0.15) is 37.3 Å². The summed E-state index contributed by atoms with van der Waals surface area (Å²) in [5.41, 5.74) is 3.37. The number of carbonyl (C=O) groups is 1. The third-order valence-corrected chi connectivity index (χ3v) is 4.37. The van der Waals surface area contributed by atoms with Gasteiger partial charge in [0, 0.05) is 18.4 Å². The first-order valence-electron chi connectivity index (χ1n) is 9.86. The molecule has 0 spiro atoms. The number of hydrogen-bond donors (Lipinski definition) is 1. The standard InChI is InChI=1S/C23H31N3O/c1-2-14-24-15-6-7-16-26(17-18-27)23-12-10-22(11-13-23)20-25-19-21-8-4-3-5-9-21/h3-5,8-13,18-19,24H,2,6-7,14-17,20H2,1H3. The van der Waals surface area contributed by atoms with E-state index in [1.807, 2.05) is 36.5 Å². The van der Waals surface area contributed by atoms with Crippen molar-refractivity contribution in [1.29, 1.82) is 0 Å². The van der Waals surface area contributed by atoms with Crippen molar-refractivity contribution in [3.63, 3.8) is 0 Å². The van der Waals surface area contributed by atoms with Gasteiger partial charge in [0.2, 0.25) is 0 Å². The molecule has 144 valence electrons. The van der Waals surface area contributed by atoms with Gasteiger partial charge in [0.25, 0.3) is 0 Å². The summed E-state index contributed by atoms with van der Waals surface area (Å²) >= 11 is 0. The molecule has 27 heavy (non-hydrogen) atoms. The number of anilines is 1. The van der Waals surface area contributed by atoms with E-state index in [1.54, 1.807) is 0 Å². The Morgan fingerprint density at radius 2 is 1.78 bits per heavy atom. The minimum absolute atomic E-state index is 0.438. The highest BCUT2D eigenvalue weighted by Gasteiger charge is 2.05. The molecule has 0 heterocycles. The van der Waals surface area contributed by atoms with E-state index in [-0.39, 0.29) is 0 Å². The van der Waals surface area contributed by atoms with Crippen LogP contribution in [-0.4, -0.2) is 38.7 Å². The first-order chi connectivity index (χ1) is 13.3. The zero-order valence-corrected chi connectivity index (χ0v) is 16.3. The summed E-state index contributed by atoms with van der Waals surface area (Å²) in [6.45, 7) is 6.29. The maximum Gasteiger partial charge on any atom is 0.139 e. The fourth-order valence-corrected chi connectivity index (χ4v) is 2.88. The van der Waals surface area contributed by atoms with E-state index < -0.39 is 0 Å². The third kappa shape index (κ3) is 8.18. The monoisotopic (exact) mass is 365 g/mol. The lowest BCUT2D eigenvalue weighted by Crippen LogP contribution is -2.27. The smallest absolute Gasteiger partial charge is 0.139 e. The van der Waals surface area contributed by atoms with E-state index in [1.165, 1.54) is 12.0 Å². The fourth-order valence-electron chi connectivity index (χ4n) is 2.88. The summed E-state index contributed by atoms with van der Waals surface area (Å²) in [5, 5.41) is 3.42. The predicted octanol–water partition coefficient (Wildman–Crippen LogP) is 4.09. The van der Waals surface area contributed by atoms with Gasteiger partial charge < -0.3 is 15.0 Å². The first kappa shape index (κ1) is 20.8. The molecular weight excluding hydrogens is 334 g/mol. The average molecular weight is 366 g/mol. The molecule has 1 N–H and O–H groups in total. The van der Waals surface area contributed by atoms with Gasteiger partial charge in [0.15, 0.2) is 0 Å². The number of aliphatic imine (C=N–C) groups is 1. The molecule has 0 aliphatic rings. The van der Waals surface area contributed by atoms with Crippen LogP contribution < -0.4 is 10.2 Å². The number of aldehydes is 1. The Balaban J connectivity index is 1.82. The summed E-state index contributed by atoms with van der Waals surface area (Å²) in [6, 6.07) is 18.5. The van der Waals surface area contributed by atoms with Crippen LogP contribution in [0.15, 0.2) is 59.6 Å². The van der Waals surface area contributed by atoms with Crippen molar-refractivity contribution < 1.29 is 4.79 Å². The Morgan fingerprint density at radius 1 is 1.00 bits per heavy atom. The molecule has 4 heteroatoms. The van der Waals surface area contributed by atoms with Crippen LogP contribution >= 0.6 is 0 Å². The van der Waals surface area contributed by atoms with Crippen LogP contribution in [0.4, 0.5) is 5.69 Å². The summed E-state index contributed by atoms with van der Waals surface area (Å²) < 4.78 is 0. The van der Waals surface area contributed by atoms with Gasteiger partial charge in [-0.1, -0.05) is 49.4 Å². The Hall–Kier alpha value is -2.46. The normalized spacial score (nSPS) is 11.0. The number of benzene rings is 2. The van der Waals surface area contributed by atoms with Gasteiger partial charge in [0.05, 0.1) is 13.1 Å². The third-order valence-electron chi connectivity index (χ3n) is 4.37. The van der Waals surface area contributed by atoms with Crippen molar-refractivity contribution >= 4 is 18.2 Å². The number of nitrogens with one attached hydrogen (secondary N) is 1. The minimum atomic E-state index is 0.438. The maximum atomic E-state index is 11.0. The molecule has 2 aromatic rings. The van der Waals surface area contributed by atoms with Gasteiger partial charge in [-0.3, -0.25) is 4.99 Å². The van der Waals surface area contributed by atoms with Crippen molar-refractivity contribution in [2.45, 2.75) is 32.7 Å². The Labute approximate surface area is 163 Å².